The Morgan fingerprint density at radius 3 is 0.988 bits per heavy atom. The summed E-state index contributed by atoms with van der Waals surface area (Å²) in [5.74, 6) is -0.836. The average Bonchev–Trinajstić information content (AvgIpc) is 3.49. The summed E-state index contributed by atoms with van der Waals surface area (Å²) in [6.07, 6.45) is 95.2. The van der Waals surface area contributed by atoms with Gasteiger partial charge < -0.3 is 20.1 Å². The number of phosphoric ester groups is 1. The Kier molecular flexibility index (Phi) is 64.2. The largest absolute Gasteiger partial charge is 0.472 e. The third-order valence-corrected chi connectivity index (χ3v) is 15.0. The quantitative estimate of drug-likeness (QED) is 0.0264. The lowest BCUT2D eigenvalue weighted by molar-refractivity contribution is -0.161. The third-order valence-electron chi connectivity index (χ3n) is 14.0. The Hall–Kier alpha value is -3.85. The third kappa shape index (κ3) is 67.2. The number of esters is 2. The summed E-state index contributed by atoms with van der Waals surface area (Å²) < 4.78 is 33.1. The van der Waals surface area contributed by atoms with E-state index in [0.29, 0.717) is 6.42 Å². The van der Waals surface area contributed by atoms with Crippen molar-refractivity contribution >= 4 is 19.8 Å². The molecule has 3 N–H and O–H groups in total. The van der Waals surface area contributed by atoms with Gasteiger partial charge in [0.15, 0.2) is 6.10 Å². The minimum absolute atomic E-state index is 0.0467. The number of allylic oxidation sites excluding steroid dienone is 22. The fourth-order valence-corrected chi connectivity index (χ4v) is 9.84. The number of hydrogen-bond donors (Lipinski definition) is 2. The van der Waals surface area contributed by atoms with E-state index in [1.165, 1.54) is 141 Å². The molecule has 0 saturated heterocycles. The van der Waals surface area contributed by atoms with Crippen LogP contribution in [0.1, 0.15) is 284 Å². The maximum atomic E-state index is 12.8. The van der Waals surface area contributed by atoms with Crippen molar-refractivity contribution in [3.8, 4) is 0 Å². The molecule has 9 nitrogen and oxygen atoms in total. The molecule has 0 aromatic carbocycles. The normalized spacial score (nSPS) is 13.8. The molecule has 0 amide bonds. The maximum Gasteiger partial charge on any atom is 0.472 e. The number of carbonyl (C=O) groups excluding carboxylic acids is 2. The summed E-state index contributed by atoms with van der Waals surface area (Å²) in [7, 11) is -4.40. The van der Waals surface area contributed by atoms with Crippen LogP contribution in [0, 0.1) is 0 Å². The number of ether oxygens (including phenoxy) is 2. The van der Waals surface area contributed by atoms with Crippen LogP contribution in [0.4, 0.5) is 0 Å². The lowest BCUT2D eigenvalue weighted by Gasteiger charge is -2.19. The van der Waals surface area contributed by atoms with Crippen LogP contribution in [-0.4, -0.2) is 49.3 Å². The summed E-state index contributed by atoms with van der Waals surface area (Å²) >= 11 is 0. The molecule has 0 bridgehead atoms. The molecule has 0 saturated carbocycles. The summed E-state index contributed by atoms with van der Waals surface area (Å²) in [5.41, 5.74) is 5.40. The van der Waals surface area contributed by atoms with Gasteiger partial charge in [-0.25, -0.2) is 4.57 Å². The molecule has 10 heteroatoms. The molecule has 0 aliphatic carbocycles. The Labute approximate surface area is 510 Å². The molecule has 0 radical (unpaired) electrons. The van der Waals surface area contributed by atoms with E-state index < -0.39 is 26.5 Å². The molecule has 0 spiro atoms. The Bertz CT molecular complexity index is 1820. The molecule has 2 atom stereocenters. The zero-order valence-electron chi connectivity index (χ0n) is 53.1. The fraction of sp³-hybridized carbons (Fsp3) is 0.671. The first-order valence-corrected chi connectivity index (χ1v) is 35.2. The first-order chi connectivity index (χ1) is 40.8. The zero-order valence-corrected chi connectivity index (χ0v) is 54.0. The maximum absolute atomic E-state index is 12.8. The summed E-state index contributed by atoms with van der Waals surface area (Å²) in [5, 5.41) is 0. The molecule has 2 unspecified atom stereocenters. The highest BCUT2D eigenvalue weighted by Gasteiger charge is 2.26. The lowest BCUT2D eigenvalue weighted by Crippen LogP contribution is -2.29. The van der Waals surface area contributed by atoms with Crippen LogP contribution in [0.25, 0.3) is 0 Å². The molecule has 0 aliphatic heterocycles. The number of phosphoric acid groups is 1. The SMILES string of the molecule is CC/C=C\C/C=C\C/C=C\C/C=C\C/C=C\C/C=C\C/C=C\C/C=C\C/C=C\CCCCCCCCCCCC(=O)OC(COC(=O)CCCCCCCCCCCCCCC/C=C\C/C=C\CCCCCCC)COP(=O)(O)OCCN. The van der Waals surface area contributed by atoms with Crippen LogP contribution in [0.15, 0.2) is 134 Å². The van der Waals surface area contributed by atoms with Crippen LogP contribution < -0.4 is 5.73 Å². The smallest absolute Gasteiger partial charge is 0.462 e. The predicted octanol–water partition coefficient (Wildman–Crippen LogP) is 22.1. The fourth-order valence-electron chi connectivity index (χ4n) is 9.07. The van der Waals surface area contributed by atoms with Gasteiger partial charge in [-0.2, -0.15) is 0 Å². The van der Waals surface area contributed by atoms with Crippen molar-refractivity contribution in [3.63, 3.8) is 0 Å². The minimum atomic E-state index is -4.40. The van der Waals surface area contributed by atoms with E-state index in [2.05, 4.69) is 148 Å². The van der Waals surface area contributed by atoms with Crippen LogP contribution in [0.2, 0.25) is 0 Å². The van der Waals surface area contributed by atoms with Gasteiger partial charge in [0.25, 0.3) is 0 Å². The van der Waals surface area contributed by atoms with E-state index in [1.807, 2.05) is 0 Å². The van der Waals surface area contributed by atoms with Gasteiger partial charge in [-0.05, 0) is 116 Å². The van der Waals surface area contributed by atoms with Crippen LogP contribution in [0.3, 0.4) is 0 Å². The Morgan fingerprint density at radius 1 is 0.373 bits per heavy atom. The highest BCUT2D eigenvalue weighted by atomic mass is 31.2. The number of nitrogens with two attached hydrogens (primary N) is 1. The van der Waals surface area contributed by atoms with Crippen molar-refractivity contribution < 1.29 is 37.6 Å². The van der Waals surface area contributed by atoms with E-state index in [9.17, 15) is 19.0 Å². The molecule has 0 heterocycles. The lowest BCUT2D eigenvalue weighted by atomic mass is 10.0. The second-order valence-electron chi connectivity index (χ2n) is 22.0. The van der Waals surface area contributed by atoms with E-state index in [-0.39, 0.29) is 38.6 Å². The molecule has 0 fully saturated rings. The monoisotopic (exact) mass is 1170 g/mol. The molecule has 0 aromatic heterocycles. The first-order valence-electron chi connectivity index (χ1n) is 33.7. The van der Waals surface area contributed by atoms with Gasteiger partial charge in [0.2, 0.25) is 0 Å². The summed E-state index contributed by atoms with van der Waals surface area (Å²) in [4.78, 5) is 35.3. The number of hydrogen-bond acceptors (Lipinski definition) is 8. The topological polar surface area (TPSA) is 134 Å². The van der Waals surface area contributed by atoms with Crippen molar-refractivity contribution in [2.75, 3.05) is 26.4 Å². The molecule has 83 heavy (non-hydrogen) atoms. The number of rotatable bonds is 62. The predicted molar refractivity (Wildman–Crippen MR) is 357 cm³/mol. The highest BCUT2D eigenvalue weighted by Crippen LogP contribution is 2.43. The van der Waals surface area contributed by atoms with E-state index in [1.54, 1.807) is 0 Å². The number of unbranched alkanes of at least 4 members (excludes halogenated alkanes) is 27. The molecule has 0 rings (SSSR count). The molecule has 0 aromatic rings. The van der Waals surface area contributed by atoms with Gasteiger partial charge in [0, 0.05) is 19.4 Å². The standard InChI is InChI=1S/C73H124NO8P/c1-3-5-7-9-11-13-15-17-19-21-23-25-27-29-30-31-32-33-34-35-36-37-38-39-40-42-44-46-48-50-52-54-56-58-60-62-64-66-73(76)82-71(70-81-83(77,78)80-68-67-74)69-79-72(75)65-63-61-59-57-55-53-51-49-47-45-43-41-28-26-24-22-20-18-16-14-12-10-8-6-4-2/h5,7,11,13,16-19,22-25,29-30,32-33,35-36,38-39,42,44,71H,3-4,6,8-10,12,14-15,20-21,26-28,31,34,37,40-41,43,45-70,74H2,1-2H3,(H,77,78)/b7-5-,13-11-,18-16-,19-17-,24-22-,25-23-,30-29-,33-32-,36-35-,39-38-,44-42-. The van der Waals surface area contributed by atoms with E-state index >= 15 is 0 Å². The van der Waals surface area contributed by atoms with Gasteiger partial charge in [-0.3, -0.25) is 18.6 Å². The molecular weight excluding hydrogens is 1050 g/mol. The Balaban J connectivity index is 3.97. The van der Waals surface area contributed by atoms with Gasteiger partial charge in [0.1, 0.15) is 6.61 Å². The van der Waals surface area contributed by atoms with Gasteiger partial charge in [-0.1, -0.05) is 289 Å². The Morgan fingerprint density at radius 2 is 0.663 bits per heavy atom. The van der Waals surface area contributed by atoms with Crippen molar-refractivity contribution in [2.45, 2.75) is 290 Å². The van der Waals surface area contributed by atoms with Crippen LogP contribution in [0.5, 0.6) is 0 Å². The molecule has 0 aliphatic rings. The summed E-state index contributed by atoms with van der Waals surface area (Å²) in [6.45, 7) is 3.62. The van der Waals surface area contributed by atoms with E-state index in [4.69, 9.17) is 24.3 Å². The molecular formula is C73H124NO8P. The molecule has 474 valence electrons. The van der Waals surface area contributed by atoms with Crippen molar-refractivity contribution in [1.82, 2.24) is 0 Å². The van der Waals surface area contributed by atoms with Crippen molar-refractivity contribution in [2.24, 2.45) is 5.73 Å². The van der Waals surface area contributed by atoms with Gasteiger partial charge in [0.05, 0.1) is 13.2 Å². The first kappa shape index (κ1) is 79.2. The second-order valence-corrected chi connectivity index (χ2v) is 23.4. The van der Waals surface area contributed by atoms with Gasteiger partial charge in [-0.15, -0.1) is 0 Å². The van der Waals surface area contributed by atoms with Crippen molar-refractivity contribution in [3.05, 3.63) is 134 Å². The highest BCUT2D eigenvalue weighted by molar-refractivity contribution is 7.47. The summed E-state index contributed by atoms with van der Waals surface area (Å²) in [6, 6.07) is 0. The second kappa shape index (κ2) is 67.3. The van der Waals surface area contributed by atoms with Crippen LogP contribution in [-0.2, 0) is 32.7 Å². The van der Waals surface area contributed by atoms with Crippen molar-refractivity contribution in [1.29, 1.82) is 0 Å². The van der Waals surface area contributed by atoms with Gasteiger partial charge >= 0.3 is 19.8 Å². The zero-order chi connectivity index (χ0) is 60.1. The minimum Gasteiger partial charge on any atom is -0.462 e. The van der Waals surface area contributed by atoms with Crippen LogP contribution >= 0.6 is 7.82 Å². The number of carbonyl (C=O) groups is 2. The van der Waals surface area contributed by atoms with E-state index in [0.717, 1.165) is 109 Å². The average molecular weight is 1170 g/mol.